The standard InChI is InChI=1S/C15H25NO/c1-12(2)16-10-13-7-6-8-14(9-13)11-17-15(3,4)5/h6-9,12,16H,10-11H2,1-5H3. The van der Waals surface area contributed by atoms with Crippen LogP contribution in [0.15, 0.2) is 24.3 Å². The first kappa shape index (κ1) is 14.2. The predicted molar refractivity (Wildman–Crippen MR) is 73.0 cm³/mol. The molecule has 1 rings (SSSR count). The Labute approximate surface area is 105 Å². The second-order valence-electron chi connectivity index (χ2n) is 5.76. The third-order valence-electron chi connectivity index (χ3n) is 2.38. The number of hydrogen-bond donors (Lipinski definition) is 1. The van der Waals surface area contributed by atoms with Gasteiger partial charge >= 0.3 is 0 Å². The largest absolute Gasteiger partial charge is 0.371 e. The van der Waals surface area contributed by atoms with Crippen LogP contribution in [-0.4, -0.2) is 11.6 Å². The van der Waals surface area contributed by atoms with Crippen LogP contribution in [0.3, 0.4) is 0 Å². The zero-order valence-electron chi connectivity index (χ0n) is 11.7. The van der Waals surface area contributed by atoms with Gasteiger partial charge in [0.2, 0.25) is 0 Å². The van der Waals surface area contributed by atoms with Crippen molar-refractivity contribution in [1.82, 2.24) is 5.32 Å². The monoisotopic (exact) mass is 235 g/mol. The average Bonchev–Trinajstić information content (AvgIpc) is 2.23. The number of rotatable bonds is 5. The predicted octanol–water partition coefficient (Wildman–Crippen LogP) is 3.50. The summed E-state index contributed by atoms with van der Waals surface area (Å²) >= 11 is 0. The van der Waals surface area contributed by atoms with Crippen molar-refractivity contribution in [2.75, 3.05) is 0 Å². The van der Waals surface area contributed by atoms with Gasteiger partial charge in [0.15, 0.2) is 0 Å². The Kier molecular flexibility index (Phi) is 5.16. The van der Waals surface area contributed by atoms with Gasteiger partial charge < -0.3 is 10.1 Å². The highest BCUT2D eigenvalue weighted by Crippen LogP contribution is 2.13. The Morgan fingerprint density at radius 1 is 1.18 bits per heavy atom. The van der Waals surface area contributed by atoms with Crippen LogP contribution in [0.25, 0.3) is 0 Å². The summed E-state index contributed by atoms with van der Waals surface area (Å²) in [6.07, 6.45) is 0. The van der Waals surface area contributed by atoms with Gasteiger partial charge in [0.05, 0.1) is 12.2 Å². The molecule has 0 spiro atoms. The van der Waals surface area contributed by atoms with E-state index in [1.54, 1.807) is 0 Å². The third kappa shape index (κ3) is 6.44. The highest BCUT2D eigenvalue weighted by Gasteiger charge is 2.09. The fraction of sp³-hybridized carbons (Fsp3) is 0.600. The fourth-order valence-corrected chi connectivity index (χ4v) is 1.45. The first-order valence-electron chi connectivity index (χ1n) is 6.32. The normalized spacial score (nSPS) is 12.1. The van der Waals surface area contributed by atoms with Gasteiger partial charge in [-0.2, -0.15) is 0 Å². The average molecular weight is 235 g/mol. The maximum absolute atomic E-state index is 5.78. The van der Waals surface area contributed by atoms with Crippen LogP contribution in [0.2, 0.25) is 0 Å². The van der Waals surface area contributed by atoms with E-state index < -0.39 is 0 Å². The highest BCUT2D eigenvalue weighted by atomic mass is 16.5. The fourth-order valence-electron chi connectivity index (χ4n) is 1.45. The molecular formula is C15H25NO. The molecule has 1 aromatic carbocycles. The number of nitrogens with one attached hydrogen (secondary N) is 1. The third-order valence-corrected chi connectivity index (χ3v) is 2.38. The molecule has 1 N–H and O–H groups in total. The van der Waals surface area contributed by atoms with E-state index >= 15 is 0 Å². The summed E-state index contributed by atoms with van der Waals surface area (Å²) in [5, 5.41) is 3.42. The first-order chi connectivity index (χ1) is 7.87. The minimum atomic E-state index is -0.0772. The molecule has 0 bridgehead atoms. The van der Waals surface area contributed by atoms with Crippen molar-refractivity contribution in [1.29, 1.82) is 0 Å². The lowest BCUT2D eigenvalue weighted by Crippen LogP contribution is -2.22. The first-order valence-corrected chi connectivity index (χ1v) is 6.32. The summed E-state index contributed by atoms with van der Waals surface area (Å²) in [7, 11) is 0. The second kappa shape index (κ2) is 6.18. The lowest BCUT2D eigenvalue weighted by atomic mass is 10.1. The Bertz CT molecular complexity index is 339. The van der Waals surface area contributed by atoms with Gasteiger partial charge in [-0.15, -0.1) is 0 Å². The van der Waals surface area contributed by atoms with Crippen LogP contribution in [-0.2, 0) is 17.9 Å². The second-order valence-corrected chi connectivity index (χ2v) is 5.76. The molecule has 0 fully saturated rings. The molecule has 0 heterocycles. The van der Waals surface area contributed by atoms with Crippen LogP contribution >= 0.6 is 0 Å². The summed E-state index contributed by atoms with van der Waals surface area (Å²) in [6.45, 7) is 12.2. The molecule has 17 heavy (non-hydrogen) atoms. The van der Waals surface area contributed by atoms with E-state index in [1.165, 1.54) is 11.1 Å². The topological polar surface area (TPSA) is 21.3 Å². The molecule has 0 atom stereocenters. The minimum absolute atomic E-state index is 0.0772. The Hall–Kier alpha value is -0.860. The lowest BCUT2D eigenvalue weighted by Gasteiger charge is -2.19. The van der Waals surface area contributed by atoms with Gasteiger partial charge in [-0.25, -0.2) is 0 Å². The number of hydrogen-bond acceptors (Lipinski definition) is 2. The van der Waals surface area contributed by atoms with Crippen LogP contribution < -0.4 is 5.32 Å². The summed E-state index contributed by atoms with van der Waals surface area (Å²) in [4.78, 5) is 0. The van der Waals surface area contributed by atoms with Gasteiger partial charge in [0.1, 0.15) is 0 Å². The SMILES string of the molecule is CC(C)NCc1cccc(COC(C)(C)C)c1. The van der Waals surface area contributed by atoms with Crippen molar-refractivity contribution in [3.05, 3.63) is 35.4 Å². The van der Waals surface area contributed by atoms with Crippen molar-refractivity contribution in [3.63, 3.8) is 0 Å². The zero-order valence-corrected chi connectivity index (χ0v) is 11.7. The smallest absolute Gasteiger partial charge is 0.0724 e. The van der Waals surface area contributed by atoms with Crippen LogP contribution in [0, 0.1) is 0 Å². The summed E-state index contributed by atoms with van der Waals surface area (Å²) in [6, 6.07) is 9.09. The van der Waals surface area contributed by atoms with Crippen molar-refractivity contribution >= 4 is 0 Å². The zero-order chi connectivity index (χ0) is 12.9. The van der Waals surface area contributed by atoms with E-state index in [2.05, 4.69) is 64.2 Å². The minimum Gasteiger partial charge on any atom is -0.371 e. The molecule has 0 unspecified atom stereocenters. The van der Waals surface area contributed by atoms with Gasteiger partial charge in [-0.05, 0) is 31.9 Å². The van der Waals surface area contributed by atoms with Gasteiger partial charge in [-0.3, -0.25) is 0 Å². The Balaban J connectivity index is 2.54. The maximum Gasteiger partial charge on any atom is 0.0724 e. The van der Waals surface area contributed by atoms with Crippen molar-refractivity contribution < 1.29 is 4.74 Å². The van der Waals surface area contributed by atoms with Crippen LogP contribution in [0.1, 0.15) is 45.7 Å². The van der Waals surface area contributed by atoms with E-state index in [0.717, 1.165) is 6.54 Å². The van der Waals surface area contributed by atoms with Crippen LogP contribution in [0.5, 0.6) is 0 Å². The molecule has 2 heteroatoms. The molecule has 0 saturated carbocycles. The van der Waals surface area contributed by atoms with Crippen molar-refractivity contribution in [2.45, 2.75) is 59.4 Å². The van der Waals surface area contributed by atoms with Crippen molar-refractivity contribution in [3.8, 4) is 0 Å². The molecule has 0 aromatic heterocycles. The molecule has 0 radical (unpaired) electrons. The molecule has 96 valence electrons. The Morgan fingerprint density at radius 3 is 2.41 bits per heavy atom. The number of benzene rings is 1. The van der Waals surface area contributed by atoms with E-state index in [-0.39, 0.29) is 5.60 Å². The van der Waals surface area contributed by atoms with E-state index in [4.69, 9.17) is 4.74 Å². The molecule has 0 amide bonds. The van der Waals surface area contributed by atoms with Crippen LogP contribution in [0.4, 0.5) is 0 Å². The van der Waals surface area contributed by atoms with Crippen molar-refractivity contribution in [2.24, 2.45) is 0 Å². The summed E-state index contributed by atoms with van der Waals surface area (Å²) in [5.74, 6) is 0. The molecule has 1 aromatic rings. The summed E-state index contributed by atoms with van der Waals surface area (Å²) < 4.78 is 5.78. The maximum atomic E-state index is 5.78. The van der Waals surface area contributed by atoms with Gasteiger partial charge in [-0.1, -0.05) is 38.1 Å². The van der Waals surface area contributed by atoms with Gasteiger partial charge in [0.25, 0.3) is 0 Å². The molecular weight excluding hydrogens is 210 g/mol. The highest BCUT2D eigenvalue weighted by molar-refractivity contribution is 5.22. The number of ether oxygens (including phenoxy) is 1. The van der Waals surface area contributed by atoms with Gasteiger partial charge in [0, 0.05) is 12.6 Å². The van der Waals surface area contributed by atoms with E-state index in [1.807, 2.05) is 0 Å². The van der Waals surface area contributed by atoms with E-state index in [9.17, 15) is 0 Å². The molecule has 0 aliphatic carbocycles. The molecule has 0 aliphatic heterocycles. The van der Waals surface area contributed by atoms with E-state index in [0.29, 0.717) is 12.6 Å². The molecule has 0 aliphatic rings. The molecule has 0 saturated heterocycles. The summed E-state index contributed by atoms with van der Waals surface area (Å²) in [5.41, 5.74) is 2.48. The molecule has 2 nitrogen and oxygen atoms in total. The lowest BCUT2D eigenvalue weighted by molar-refractivity contribution is -0.0149. The quantitative estimate of drug-likeness (QED) is 0.843. The Morgan fingerprint density at radius 2 is 1.82 bits per heavy atom.